The molecule has 0 N–H and O–H groups in total. The zero-order valence-corrected chi connectivity index (χ0v) is 15.6. The average Bonchev–Trinajstić information content (AvgIpc) is 3.03. The summed E-state index contributed by atoms with van der Waals surface area (Å²) in [6.45, 7) is 4.68. The molecule has 9 heteroatoms. The lowest BCUT2D eigenvalue weighted by Crippen LogP contribution is -2.48. The fourth-order valence-corrected chi connectivity index (χ4v) is 4.50. The van der Waals surface area contributed by atoms with Crippen molar-refractivity contribution in [2.45, 2.75) is 31.2 Å². The van der Waals surface area contributed by atoms with Crippen molar-refractivity contribution in [3.05, 3.63) is 41.0 Å². The molecule has 136 valence electrons. The molecule has 25 heavy (non-hydrogen) atoms. The molecule has 2 aromatic rings. The van der Waals surface area contributed by atoms with Crippen LogP contribution in [0, 0.1) is 0 Å². The lowest BCUT2D eigenvalue weighted by Gasteiger charge is -2.33. The van der Waals surface area contributed by atoms with E-state index in [1.165, 1.54) is 10.4 Å². The van der Waals surface area contributed by atoms with Gasteiger partial charge in [0.2, 0.25) is 15.9 Å². The van der Waals surface area contributed by atoms with E-state index in [1.807, 2.05) is 0 Å². The number of nitrogens with zero attached hydrogens (tertiary/aromatic N) is 4. The van der Waals surface area contributed by atoms with Crippen LogP contribution in [0.3, 0.4) is 0 Å². The monoisotopic (exact) mass is 384 g/mol. The number of benzene rings is 1. The molecule has 0 amide bonds. The summed E-state index contributed by atoms with van der Waals surface area (Å²) in [6.07, 6.45) is 1.77. The molecule has 7 nitrogen and oxygen atoms in total. The molecule has 0 unspecified atom stereocenters. The van der Waals surface area contributed by atoms with Crippen molar-refractivity contribution in [3.63, 3.8) is 0 Å². The van der Waals surface area contributed by atoms with Crippen LogP contribution in [0.15, 0.2) is 33.7 Å². The van der Waals surface area contributed by atoms with Crippen LogP contribution in [0.4, 0.5) is 0 Å². The number of hydrogen-bond acceptors (Lipinski definition) is 6. The van der Waals surface area contributed by atoms with Gasteiger partial charge in [-0.05, 0) is 24.6 Å². The Bertz CT molecular complexity index is 816. The largest absolute Gasteiger partial charge is 0.338 e. The van der Waals surface area contributed by atoms with Gasteiger partial charge in [-0.2, -0.15) is 9.29 Å². The van der Waals surface area contributed by atoms with Gasteiger partial charge in [0, 0.05) is 37.6 Å². The molecule has 0 aliphatic carbocycles. The van der Waals surface area contributed by atoms with Gasteiger partial charge in [-0.25, -0.2) is 8.42 Å². The molecule has 1 fully saturated rings. The van der Waals surface area contributed by atoms with Crippen LogP contribution in [0.25, 0.3) is 0 Å². The highest BCUT2D eigenvalue weighted by Crippen LogP contribution is 2.21. The summed E-state index contributed by atoms with van der Waals surface area (Å²) in [6, 6.07) is 6.36. The molecule has 1 saturated heterocycles. The fraction of sp³-hybridized carbons (Fsp3) is 0.500. The quantitative estimate of drug-likeness (QED) is 0.759. The maximum Gasteiger partial charge on any atom is 0.243 e. The third-order valence-electron chi connectivity index (χ3n) is 4.11. The molecule has 0 spiro atoms. The van der Waals surface area contributed by atoms with Gasteiger partial charge >= 0.3 is 0 Å². The number of rotatable bonds is 6. The lowest BCUT2D eigenvalue weighted by molar-refractivity contribution is 0.163. The minimum atomic E-state index is -3.51. The topological polar surface area (TPSA) is 79.5 Å². The molecule has 1 aromatic heterocycles. The Morgan fingerprint density at radius 1 is 1.24 bits per heavy atom. The highest BCUT2D eigenvalue weighted by Gasteiger charge is 2.29. The van der Waals surface area contributed by atoms with Crippen molar-refractivity contribution in [2.24, 2.45) is 0 Å². The van der Waals surface area contributed by atoms with Crippen LogP contribution in [0.2, 0.25) is 5.02 Å². The third-order valence-corrected chi connectivity index (χ3v) is 6.24. The summed E-state index contributed by atoms with van der Waals surface area (Å²) in [5, 5.41) is 4.36. The Labute approximate surface area is 152 Å². The summed E-state index contributed by atoms with van der Waals surface area (Å²) in [7, 11) is -3.51. The van der Waals surface area contributed by atoms with Gasteiger partial charge in [-0.15, -0.1) is 0 Å². The number of aryl methyl sites for hydroxylation is 1. The molecular formula is C16H21ClN4O3S. The standard InChI is InChI=1S/C16H21ClN4O3S/c1-2-4-15-18-16(24-19-15)12-20-7-9-21(10-8-20)25(22,23)14-6-3-5-13(17)11-14/h3,5-6,11H,2,4,7-10,12H2,1H3. The van der Waals surface area contributed by atoms with Crippen molar-refractivity contribution in [1.82, 2.24) is 19.3 Å². The molecular weight excluding hydrogens is 364 g/mol. The minimum absolute atomic E-state index is 0.231. The molecule has 0 atom stereocenters. The summed E-state index contributed by atoms with van der Waals surface area (Å²) in [5.74, 6) is 1.30. The fourth-order valence-electron chi connectivity index (χ4n) is 2.78. The smallest absolute Gasteiger partial charge is 0.243 e. The molecule has 3 rings (SSSR count). The Hall–Kier alpha value is -1.48. The van der Waals surface area contributed by atoms with E-state index in [4.69, 9.17) is 16.1 Å². The van der Waals surface area contributed by atoms with Crippen LogP contribution >= 0.6 is 11.6 Å². The maximum atomic E-state index is 12.7. The number of sulfonamides is 1. The predicted octanol–water partition coefficient (Wildman–Crippen LogP) is 2.18. The van der Waals surface area contributed by atoms with Crippen molar-refractivity contribution in [2.75, 3.05) is 26.2 Å². The minimum Gasteiger partial charge on any atom is -0.338 e. The molecule has 1 aliphatic heterocycles. The zero-order chi connectivity index (χ0) is 17.9. The summed E-state index contributed by atoms with van der Waals surface area (Å²) in [5.41, 5.74) is 0. The summed E-state index contributed by atoms with van der Waals surface area (Å²) >= 11 is 5.91. The van der Waals surface area contributed by atoms with E-state index in [1.54, 1.807) is 18.2 Å². The highest BCUT2D eigenvalue weighted by atomic mass is 35.5. The van der Waals surface area contributed by atoms with Crippen molar-refractivity contribution in [3.8, 4) is 0 Å². The lowest BCUT2D eigenvalue weighted by atomic mass is 10.3. The van der Waals surface area contributed by atoms with Gasteiger partial charge in [0.25, 0.3) is 0 Å². The van der Waals surface area contributed by atoms with Crippen LogP contribution < -0.4 is 0 Å². The first kappa shape index (κ1) is 18.3. The van der Waals surface area contributed by atoms with E-state index in [0.717, 1.165) is 18.7 Å². The van der Waals surface area contributed by atoms with E-state index in [0.29, 0.717) is 43.6 Å². The highest BCUT2D eigenvalue weighted by molar-refractivity contribution is 7.89. The van der Waals surface area contributed by atoms with Crippen LogP contribution in [-0.4, -0.2) is 53.9 Å². The second kappa shape index (κ2) is 7.82. The molecule has 2 heterocycles. The van der Waals surface area contributed by atoms with E-state index in [2.05, 4.69) is 22.0 Å². The molecule has 1 aliphatic rings. The van der Waals surface area contributed by atoms with Crippen molar-refractivity contribution in [1.29, 1.82) is 0 Å². The van der Waals surface area contributed by atoms with Gasteiger partial charge in [0.05, 0.1) is 11.4 Å². The van der Waals surface area contributed by atoms with Crippen LogP contribution in [0.1, 0.15) is 25.1 Å². The Kier molecular flexibility index (Phi) is 5.73. The van der Waals surface area contributed by atoms with Gasteiger partial charge in [-0.1, -0.05) is 29.7 Å². The number of aromatic nitrogens is 2. The van der Waals surface area contributed by atoms with Crippen molar-refractivity contribution >= 4 is 21.6 Å². The summed E-state index contributed by atoms with van der Waals surface area (Å²) in [4.78, 5) is 6.70. The number of hydrogen-bond donors (Lipinski definition) is 0. The first-order chi connectivity index (χ1) is 12.0. The summed E-state index contributed by atoms with van der Waals surface area (Å²) < 4.78 is 32.1. The number of piperazine rings is 1. The molecule has 0 radical (unpaired) electrons. The first-order valence-electron chi connectivity index (χ1n) is 8.28. The van der Waals surface area contributed by atoms with E-state index in [9.17, 15) is 8.42 Å². The van der Waals surface area contributed by atoms with Crippen LogP contribution in [-0.2, 0) is 23.0 Å². The number of halogens is 1. The van der Waals surface area contributed by atoms with E-state index in [-0.39, 0.29) is 4.90 Å². The predicted molar refractivity (Wildman–Crippen MR) is 93.8 cm³/mol. The third kappa shape index (κ3) is 4.38. The van der Waals surface area contributed by atoms with Gasteiger partial charge in [0.1, 0.15) is 0 Å². The maximum absolute atomic E-state index is 12.7. The first-order valence-corrected chi connectivity index (χ1v) is 10.1. The van der Waals surface area contributed by atoms with E-state index >= 15 is 0 Å². The van der Waals surface area contributed by atoms with Gasteiger partial charge < -0.3 is 4.52 Å². The normalized spacial score (nSPS) is 17.0. The zero-order valence-electron chi connectivity index (χ0n) is 14.1. The average molecular weight is 385 g/mol. The van der Waals surface area contributed by atoms with E-state index < -0.39 is 10.0 Å². The second-order valence-corrected chi connectivity index (χ2v) is 8.37. The molecule has 0 saturated carbocycles. The second-order valence-electron chi connectivity index (χ2n) is 5.99. The Morgan fingerprint density at radius 3 is 2.68 bits per heavy atom. The molecule has 1 aromatic carbocycles. The molecule has 0 bridgehead atoms. The Morgan fingerprint density at radius 2 is 2.00 bits per heavy atom. The van der Waals surface area contributed by atoms with Gasteiger partial charge in [0.15, 0.2) is 5.82 Å². The van der Waals surface area contributed by atoms with Crippen LogP contribution in [0.5, 0.6) is 0 Å². The Balaban J connectivity index is 1.59. The van der Waals surface area contributed by atoms with Gasteiger partial charge in [-0.3, -0.25) is 4.90 Å². The van der Waals surface area contributed by atoms with Crippen molar-refractivity contribution < 1.29 is 12.9 Å². The SMILES string of the molecule is CCCc1noc(CN2CCN(S(=O)(=O)c3cccc(Cl)c3)CC2)n1.